The fraction of sp³-hybridized carbons (Fsp3) is 0.0256. The molecule has 0 heterocycles. The highest BCUT2D eigenvalue weighted by atomic mass is 14.9. The third-order valence-corrected chi connectivity index (χ3v) is 17.6. The van der Waals surface area contributed by atoms with Gasteiger partial charge >= 0.3 is 0 Å². The van der Waals surface area contributed by atoms with E-state index in [2.05, 4.69) is 314 Å². The molecule has 0 unspecified atom stereocenters. The lowest BCUT2D eigenvalue weighted by Gasteiger charge is -2.34. The Morgan fingerprint density at radius 1 is 0.237 bits per heavy atom. The van der Waals surface area contributed by atoms with Crippen LogP contribution in [-0.2, 0) is 10.8 Å². The molecule has 2 aliphatic rings. The van der Waals surface area contributed by atoms with Gasteiger partial charge in [-0.1, -0.05) is 273 Å². The number of hydrogen-bond acceptors (Lipinski definition) is 2. The zero-order chi connectivity index (χ0) is 52.8. The summed E-state index contributed by atoms with van der Waals surface area (Å²) in [6, 6.07) is 113. The third-order valence-electron chi connectivity index (χ3n) is 17.6. The molecular weight excluding hydrogens is 965 g/mol. The van der Waals surface area contributed by atoms with Crippen LogP contribution < -0.4 is 10.6 Å². The number of anilines is 4. The molecule has 0 fully saturated rings. The molecule has 0 amide bonds. The summed E-state index contributed by atoms with van der Waals surface area (Å²) in [6.45, 7) is 0. The number of fused-ring (bicyclic) bond motifs is 6. The van der Waals surface area contributed by atoms with Gasteiger partial charge in [-0.15, -0.1) is 0 Å². The molecule has 374 valence electrons. The van der Waals surface area contributed by atoms with E-state index in [9.17, 15) is 0 Å². The van der Waals surface area contributed by atoms with Gasteiger partial charge in [-0.25, -0.2) is 0 Å². The highest BCUT2D eigenvalue weighted by Gasteiger charge is 2.47. The second kappa shape index (κ2) is 18.2. The van der Waals surface area contributed by atoms with Crippen molar-refractivity contribution in [2.24, 2.45) is 0 Å². The first-order valence-electron chi connectivity index (χ1n) is 27.8. The minimum atomic E-state index is -0.526. The van der Waals surface area contributed by atoms with Crippen LogP contribution in [0.15, 0.2) is 303 Å². The third kappa shape index (κ3) is 6.66. The van der Waals surface area contributed by atoms with E-state index in [1.807, 2.05) is 0 Å². The molecule has 2 aliphatic carbocycles. The van der Waals surface area contributed by atoms with Crippen molar-refractivity contribution in [1.82, 2.24) is 0 Å². The molecule has 0 atom stereocenters. The van der Waals surface area contributed by atoms with Crippen LogP contribution in [0, 0.1) is 0 Å². The minimum absolute atomic E-state index is 0.525. The molecule has 14 aromatic carbocycles. The van der Waals surface area contributed by atoms with E-state index in [0.717, 1.165) is 39.4 Å². The SMILES string of the molecule is c1ccc(Nc2ccc3ccc4c(Nc5ccccc5)c(-c5ccc(C6(c7ccccc7)c7ccccc7-c7ccccc76)cc5)c(-c5ccc(C6(c7ccccc7)c7ccccc7-c7ccccc76)cc5)c5ccc2c3c45)cc1. The topological polar surface area (TPSA) is 24.1 Å². The number of benzene rings is 14. The van der Waals surface area contributed by atoms with Crippen LogP contribution in [-0.4, -0.2) is 0 Å². The fourth-order valence-electron chi connectivity index (χ4n) is 14.3. The Morgan fingerprint density at radius 2 is 0.600 bits per heavy atom. The molecule has 80 heavy (non-hydrogen) atoms. The maximum atomic E-state index is 4.11. The first kappa shape index (κ1) is 45.9. The van der Waals surface area contributed by atoms with Gasteiger partial charge in [0, 0.05) is 38.8 Å². The minimum Gasteiger partial charge on any atom is -0.355 e. The molecule has 0 radical (unpaired) electrons. The van der Waals surface area contributed by atoms with Crippen molar-refractivity contribution in [2.75, 3.05) is 10.6 Å². The summed E-state index contributed by atoms with van der Waals surface area (Å²) in [5.41, 5.74) is 23.1. The monoisotopic (exact) mass is 1020 g/mol. The fourth-order valence-corrected chi connectivity index (χ4v) is 14.3. The Bertz CT molecular complexity index is 4570. The molecule has 0 aromatic heterocycles. The lowest BCUT2D eigenvalue weighted by molar-refractivity contribution is 0.768. The van der Waals surface area contributed by atoms with Crippen LogP contribution in [0.5, 0.6) is 0 Å². The van der Waals surface area contributed by atoms with Crippen LogP contribution in [0.25, 0.3) is 76.8 Å². The molecule has 14 aromatic rings. The Balaban J connectivity index is 0.977. The molecule has 16 rings (SSSR count). The van der Waals surface area contributed by atoms with E-state index < -0.39 is 10.8 Å². The van der Waals surface area contributed by atoms with E-state index in [1.165, 1.54) is 105 Å². The number of rotatable bonds is 10. The summed E-state index contributed by atoms with van der Waals surface area (Å²) in [5, 5.41) is 15.1. The van der Waals surface area contributed by atoms with Gasteiger partial charge in [-0.05, 0) is 130 Å². The van der Waals surface area contributed by atoms with Gasteiger partial charge in [0.2, 0.25) is 0 Å². The van der Waals surface area contributed by atoms with Crippen molar-refractivity contribution in [3.05, 3.63) is 348 Å². The van der Waals surface area contributed by atoms with Crippen molar-refractivity contribution in [2.45, 2.75) is 10.8 Å². The van der Waals surface area contributed by atoms with Crippen LogP contribution >= 0.6 is 0 Å². The molecule has 0 bridgehead atoms. The van der Waals surface area contributed by atoms with Crippen molar-refractivity contribution in [1.29, 1.82) is 0 Å². The summed E-state index contributed by atoms with van der Waals surface area (Å²) >= 11 is 0. The van der Waals surface area contributed by atoms with Gasteiger partial charge in [-0.2, -0.15) is 0 Å². The maximum absolute atomic E-state index is 4.11. The van der Waals surface area contributed by atoms with Crippen molar-refractivity contribution < 1.29 is 0 Å². The number of para-hydroxylation sites is 2. The van der Waals surface area contributed by atoms with Gasteiger partial charge in [0.15, 0.2) is 0 Å². The van der Waals surface area contributed by atoms with Crippen molar-refractivity contribution in [3.8, 4) is 44.5 Å². The first-order valence-corrected chi connectivity index (χ1v) is 27.8. The van der Waals surface area contributed by atoms with Crippen molar-refractivity contribution in [3.63, 3.8) is 0 Å². The van der Waals surface area contributed by atoms with Crippen LogP contribution in [0.4, 0.5) is 22.7 Å². The molecule has 0 aliphatic heterocycles. The predicted molar refractivity (Wildman–Crippen MR) is 335 cm³/mol. The molecule has 0 spiro atoms. The second-order valence-electron chi connectivity index (χ2n) is 21.5. The van der Waals surface area contributed by atoms with Gasteiger partial charge in [0.25, 0.3) is 0 Å². The summed E-state index contributed by atoms with van der Waals surface area (Å²) in [5.74, 6) is 0. The van der Waals surface area contributed by atoms with Crippen LogP contribution in [0.2, 0.25) is 0 Å². The van der Waals surface area contributed by atoms with Gasteiger partial charge < -0.3 is 10.6 Å². The average Bonchev–Trinajstić information content (AvgIpc) is 3.45. The van der Waals surface area contributed by atoms with Gasteiger partial charge in [-0.3, -0.25) is 0 Å². The summed E-state index contributed by atoms with van der Waals surface area (Å²) in [7, 11) is 0. The molecule has 2 nitrogen and oxygen atoms in total. The maximum Gasteiger partial charge on any atom is 0.0713 e. The number of nitrogens with one attached hydrogen (secondary N) is 2. The summed E-state index contributed by atoms with van der Waals surface area (Å²) in [6.07, 6.45) is 0. The Kier molecular flexibility index (Phi) is 10.4. The van der Waals surface area contributed by atoms with Gasteiger partial charge in [0.05, 0.1) is 16.5 Å². The van der Waals surface area contributed by atoms with Crippen LogP contribution in [0.3, 0.4) is 0 Å². The Labute approximate surface area is 466 Å². The lowest BCUT2D eigenvalue weighted by Crippen LogP contribution is -2.28. The van der Waals surface area contributed by atoms with Crippen LogP contribution in [0.1, 0.15) is 44.5 Å². The van der Waals surface area contributed by atoms with E-state index in [1.54, 1.807) is 0 Å². The number of hydrogen-bond donors (Lipinski definition) is 2. The lowest BCUT2D eigenvalue weighted by atomic mass is 9.67. The smallest absolute Gasteiger partial charge is 0.0713 e. The molecule has 2 heteroatoms. The average molecular weight is 1020 g/mol. The zero-order valence-corrected chi connectivity index (χ0v) is 43.9. The molecule has 2 N–H and O–H groups in total. The zero-order valence-electron chi connectivity index (χ0n) is 43.9. The normalized spacial score (nSPS) is 13.4. The van der Waals surface area contributed by atoms with Crippen molar-refractivity contribution >= 4 is 55.1 Å². The van der Waals surface area contributed by atoms with E-state index >= 15 is 0 Å². The van der Waals surface area contributed by atoms with E-state index in [-0.39, 0.29) is 0 Å². The molecule has 0 saturated heterocycles. The standard InChI is InChI=1S/C78H52N2/c1-5-21-54(22-6-1)77(67-33-17-13-29-60(67)61-30-14-18-34-68(61)77)56-43-37-51(38-44-56)73-65-49-48-64-71(79-58-25-9-3-10-26-58)50-42-52-41-47-66(75(65)72(52)64)76(80-59-27-11-4-12-28-59)74(73)53-39-45-57(46-40-53)78(55-23-7-2-8-24-55)69-35-19-15-31-62(69)63-32-16-20-36-70(63)78/h1-50,79-80H. The Morgan fingerprint density at radius 3 is 1.07 bits per heavy atom. The second-order valence-corrected chi connectivity index (χ2v) is 21.5. The first-order chi connectivity index (χ1) is 39.7. The quantitative estimate of drug-likeness (QED) is 0.133. The molecule has 0 saturated carbocycles. The predicted octanol–water partition coefficient (Wildman–Crippen LogP) is 20.1. The van der Waals surface area contributed by atoms with E-state index in [0.29, 0.717) is 0 Å². The highest BCUT2D eigenvalue weighted by Crippen LogP contribution is 2.59. The van der Waals surface area contributed by atoms with E-state index in [4.69, 9.17) is 0 Å². The molecular formula is C78H52N2. The Hall–Kier alpha value is -10.3. The summed E-state index contributed by atoms with van der Waals surface area (Å²) in [4.78, 5) is 0. The highest BCUT2D eigenvalue weighted by molar-refractivity contribution is 6.32. The van der Waals surface area contributed by atoms with Gasteiger partial charge in [0.1, 0.15) is 0 Å². The summed E-state index contributed by atoms with van der Waals surface area (Å²) < 4.78 is 0. The largest absolute Gasteiger partial charge is 0.355 e.